The van der Waals surface area contributed by atoms with Crippen LogP contribution in [-0.4, -0.2) is 30.4 Å². The second-order valence-electron chi connectivity index (χ2n) is 4.60. The molecule has 2 rings (SSSR count). The van der Waals surface area contributed by atoms with Crippen LogP contribution in [0.5, 0.6) is 5.75 Å². The first kappa shape index (κ1) is 12.4. The fourth-order valence-corrected chi connectivity index (χ4v) is 2.20. The van der Waals surface area contributed by atoms with E-state index in [1.807, 2.05) is 30.3 Å². The van der Waals surface area contributed by atoms with E-state index in [0.29, 0.717) is 6.61 Å². The summed E-state index contributed by atoms with van der Waals surface area (Å²) in [5.41, 5.74) is 0. The molecule has 0 amide bonds. The molecular formula is C14H21NO2. The maximum Gasteiger partial charge on any atom is 0.119 e. The molecular weight excluding hydrogens is 214 g/mol. The standard InChI is InChI=1S/C14H21NO2/c16-14(13-9-5-2-6-10-15-13)11-17-12-7-3-1-4-8-12/h1,3-4,7-8,13-16H,2,5-6,9-11H2. The molecule has 1 aromatic carbocycles. The van der Waals surface area contributed by atoms with Crippen molar-refractivity contribution in [3.63, 3.8) is 0 Å². The zero-order chi connectivity index (χ0) is 11.9. The number of rotatable bonds is 4. The van der Waals surface area contributed by atoms with Crippen molar-refractivity contribution in [1.82, 2.24) is 5.32 Å². The average molecular weight is 235 g/mol. The number of benzene rings is 1. The highest BCUT2D eigenvalue weighted by molar-refractivity contribution is 5.20. The number of nitrogens with one attached hydrogen (secondary N) is 1. The summed E-state index contributed by atoms with van der Waals surface area (Å²) < 4.78 is 5.57. The molecule has 17 heavy (non-hydrogen) atoms. The second-order valence-corrected chi connectivity index (χ2v) is 4.60. The number of ether oxygens (including phenoxy) is 1. The highest BCUT2D eigenvalue weighted by Gasteiger charge is 2.20. The quantitative estimate of drug-likeness (QED) is 0.838. The fourth-order valence-electron chi connectivity index (χ4n) is 2.20. The molecule has 0 bridgehead atoms. The lowest BCUT2D eigenvalue weighted by Crippen LogP contribution is -2.42. The number of aliphatic hydroxyl groups is 1. The Bertz CT molecular complexity index is 307. The van der Waals surface area contributed by atoms with Crippen molar-refractivity contribution in [2.24, 2.45) is 0 Å². The third-order valence-electron chi connectivity index (χ3n) is 3.23. The molecule has 0 spiro atoms. The normalized spacial score (nSPS) is 22.8. The summed E-state index contributed by atoms with van der Waals surface area (Å²) in [5, 5.41) is 13.5. The maximum absolute atomic E-state index is 10.1. The predicted molar refractivity (Wildman–Crippen MR) is 68.2 cm³/mol. The van der Waals surface area contributed by atoms with E-state index in [1.54, 1.807) is 0 Å². The Morgan fingerprint density at radius 3 is 2.88 bits per heavy atom. The van der Waals surface area contributed by atoms with Crippen molar-refractivity contribution in [2.75, 3.05) is 13.2 Å². The van der Waals surface area contributed by atoms with Crippen molar-refractivity contribution in [1.29, 1.82) is 0 Å². The van der Waals surface area contributed by atoms with Gasteiger partial charge in [0.1, 0.15) is 18.5 Å². The molecule has 1 saturated heterocycles. The molecule has 1 heterocycles. The van der Waals surface area contributed by atoms with Crippen LogP contribution in [0.2, 0.25) is 0 Å². The monoisotopic (exact) mass is 235 g/mol. The molecule has 2 N–H and O–H groups in total. The molecule has 3 nitrogen and oxygen atoms in total. The highest BCUT2D eigenvalue weighted by Crippen LogP contribution is 2.13. The van der Waals surface area contributed by atoms with E-state index in [0.717, 1.165) is 18.7 Å². The predicted octanol–water partition coefficient (Wildman–Crippen LogP) is 1.96. The van der Waals surface area contributed by atoms with Gasteiger partial charge in [0.15, 0.2) is 0 Å². The number of hydrogen-bond donors (Lipinski definition) is 2. The zero-order valence-electron chi connectivity index (χ0n) is 10.1. The number of aliphatic hydroxyl groups excluding tert-OH is 1. The summed E-state index contributed by atoms with van der Waals surface area (Å²) in [4.78, 5) is 0. The van der Waals surface area contributed by atoms with Crippen LogP contribution in [0.25, 0.3) is 0 Å². The van der Waals surface area contributed by atoms with Gasteiger partial charge in [0.2, 0.25) is 0 Å². The maximum atomic E-state index is 10.1. The van der Waals surface area contributed by atoms with Gasteiger partial charge in [0, 0.05) is 6.04 Å². The minimum atomic E-state index is -0.423. The minimum absolute atomic E-state index is 0.182. The van der Waals surface area contributed by atoms with Gasteiger partial charge < -0.3 is 15.2 Å². The Labute approximate surface area is 103 Å². The van der Waals surface area contributed by atoms with Gasteiger partial charge >= 0.3 is 0 Å². The fraction of sp³-hybridized carbons (Fsp3) is 0.571. The van der Waals surface area contributed by atoms with E-state index in [4.69, 9.17) is 4.74 Å². The summed E-state index contributed by atoms with van der Waals surface area (Å²) in [7, 11) is 0. The van der Waals surface area contributed by atoms with Crippen LogP contribution in [-0.2, 0) is 0 Å². The molecule has 1 aliphatic heterocycles. The van der Waals surface area contributed by atoms with E-state index >= 15 is 0 Å². The van der Waals surface area contributed by atoms with Crippen LogP contribution >= 0.6 is 0 Å². The van der Waals surface area contributed by atoms with Crippen molar-refractivity contribution >= 4 is 0 Å². The van der Waals surface area contributed by atoms with Crippen molar-refractivity contribution in [3.05, 3.63) is 30.3 Å². The van der Waals surface area contributed by atoms with Gasteiger partial charge in [-0.15, -0.1) is 0 Å². The van der Waals surface area contributed by atoms with E-state index in [-0.39, 0.29) is 6.04 Å². The third kappa shape index (κ3) is 4.02. The van der Waals surface area contributed by atoms with Crippen molar-refractivity contribution in [3.8, 4) is 5.75 Å². The smallest absolute Gasteiger partial charge is 0.119 e. The summed E-state index contributed by atoms with van der Waals surface area (Å²) in [6, 6.07) is 9.83. The summed E-state index contributed by atoms with van der Waals surface area (Å²) in [6.07, 6.45) is 4.28. The molecule has 94 valence electrons. The average Bonchev–Trinajstić information content (AvgIpc) is 2.66. The van der Waals surface area contributed by atoms with Gasteiger partial charge in [-0.1, -0.05) is 31.0 Å². The van der Waals surface area contributed by atoms with E-state index < -0.39 is 6.10 Å². The lowest BCUT2D eigenvalue weighted by atomic mass is 10.1. The van der Waals surface area contributed by atoms with Crippen LogP contribution < -0.4 is 10.1 Å². The largest absolute Gasteiger partial charge is 0.491 e. The van der Waals surface area contributed by atoms with Crippen LogP contribution in [0.1, 0.15) is 25.7 Å². The zero-order valence-corrected chi connectivity index (χ0v) is 10.1. The molecule has 1 aromatic rings. The van der Waals surface area contributed by atoms with Crippen molar-refractivity contribution < 1.29 is 9.84 Å². The van der Waals surface area contributed by atoms with Gasteiger partial charge in [-0.05, 0) is 31.5 Å². The van der Waals surface area contributed by atoms with E-state index in [1.165, 1.54) is 19.3 Å². The Balaban J connectivity index is 1.78. The molecule has 2 unspecified atom stereocenters. The Morgan fingerprint density at radius 2 is 2.06 bits per heavy atom. The molecule has 0 radical (unpaired) electrons. The second kappa shape index (κ2) is 6.62. The Morgan fingerprint density at radius 1 is 1.24 bits per heavy atom. The molecule has 0 aromatic heterocycles. The third-order valence-corrected chi connectivity index (χ3v) is 3.23. The number of para-hydroxylation sites is 1. The Hall–Kier alpha value is -1.06. The minimum Gasteiger partial charge on any atom is -0.491 e. The van der Waals surface area contributed by atoms with Crippen LogP contribution in [0.3, 0.4) is 0 Å². The first-order chi connectivity index (χ1) is 8.36. The molecule has 0 aliphatic carbocycles. The van der Waals surface area contributed by atoms with Gasteiger partial charge in [0.25, 0.3) is 0 Å². The van der Waals surface area contributed by atoms with Gasteiger partial charge in [0.05, 0.1) is 0 Å². The molecule has 1 fully saturated rings. The molecule has 1 aliphatic rings. The SMILES string of the molecule is OC(COc1ccccc1)C1CCCCCN1. The lowest BCUT2D eigenvalue weighted by molar-refractivity contribution is 0.0718. The van der Waals surface area contributed by atoms with Crippen LogP contribution in [0.15, 0.2) is 30.3 Å². The van der Waals surface area contributed by atoms with Crippen LogP contribution in [0.4, 0.5) is 0 Å². The first-order valence-corrected chi connectivity index (χ1v) is 6.45. The van der Waals surface area contributed by atoms with Gasteiger partial charge in [-0.3, -0.25) is 0 Å². The van der Waals surface area contributed by atoms with E-state index in [2.05, 4.69) is 5.32 Å². The van der Waals surface area contributed by atoms with Crippen LogP contribution in [0, 0.1) is 0 Å². The van der Waals surface area contributed by atoms with Crippen molar-refractivity contribution in [2.45, 2.75) is 37.8 Å². The van der Waals surface area contributed by atoms with Gasteiger partial charge in [-0.25, -0.2) is 0 Å². The Kier molecular flexibility index (Phi) is 4.83. The van der Waals surface area contributed by atoms with E-state index in [9.17, 15) is 5.11 Å². The summed E-state index contributed by atoms with van der Waals surface area (Å²) in [5.74, 6) is 0.820. The highest BCUT2D eigenvalue weighted by atomic mass is 16.5. The summed E-state index contributed by atoms with van der Waals surface area (Å²) >= 11 is 0. The first-order valence-electron chi connectivity index (χ1n) is 6.45. The van der Waals surface area contributed by atoms with Gasteiger partial charge in [-0.2, -0.15) is 0 Å². The molecule has 2 atom stereocenters. The lowest BCUT2D eigenvalue weighted by Gasteiger charge is -2.22. The summed E-state index contributed by atoms with van der Waals surface area (Å²) in [6.45, 7) is 1.37. The number of hydrogen-bond acceptors (Lipinski definition) is 3. The molecule has 0 saturated carbocycles. The topological polar surface area (TPSA) is 41.5 Å². The molecule has 3 heteroatoms.